The summed E-state index contributed by atoms with van der Waals surface area (Å²) in [7, 11) is -3.26. The number of carbonyl (C=O) groups is 1. The van der Waals surface area contributed by atoms with Crippen molar-refractivity contribution in [3.63, 3.8) is 0 Å². The second-order valence-electron chi connectivity index (χ2n) is 4.97. The monoisotopic (exact) mass is 296 g/mol. The fraction of sp³-hybridized carbons (Fsp3) is 0.357. The molecule has 0 saturated carbocycles. The Morgan fingerprint density at radius 1 is 1.25 bits per heavy atom. The molecule has 0 aromatic heterocycles. The Bertz CT molecular complexity index is 575. The van der Waals surface area contributed by atoms with Crippen LogP contribution in [0.4, 0.5) is 5.69 Å². The Morgan fingerprint density at radius 2 is 1.85 bits per heavy atom. The van der Waals surface area contributed by atoms with Crippen LogP contribution in [0.2, 0.25) is 0 Å². The minimum Gasteiger partial charge on any atom is -0.352 e. The average Bonchev–Trinajstić information content (AvgIpc) is 2.33. The third kappa shape index (κ3) is 6.94. The van der Waals surface area contributed by atoms with Crippen LogP contribution < -0.4 is 10.0 Å². The molecule has 1 amide bonds. The number of hydrogen-bond acceptors (Lipinski definition) is 3. The second kappa shape index (κ2) is 7.09. The van der Waals surface area contributed by atoms with Gasteiger partial charge in [0.25, 0.3) is 0 Å². The molecule has 0 heterocycles. The van der Waals surface area contributed by atoms with Crippen LogP contribution in [0.3, 0.4) is 0 Å². The van der Waals surface area contributed by atoms with Gasteiger partial charge in [-0.1, -0.05) is 26.0 Å². The van der Waals surface area contributed by atoms with E-state index in [9.17, 15) is 13.2 Å². The first-order valence-corrected chi connectivity index (χ1v) is 8.19. The van der Waals surface area contributed by atoms with Crippen molar-refractivity contribution < 1.29 is 13.2 Å². The van der Waals surface area contributed by atoms with Gasteiger partial charge in [-0.15, -0.1) is 0 Å². The highest BCUT2D eigenvalue weighted by Gasteiger charge is 2.01. The van der Waals surface area contributed by atoms with Crippen molar-refractivity contribution in [3.05, 3.63) is 35.9 Å². The number of rotatable bonds is 6. The zero-order chi connectivity index (χ0) is 15.2. The maximum absolute atomic E-state index is 11.5. The summed E-state index contributed by atoms with van der Waals surface area (Å²) in [5, 5.41) is 2.78. The number of nitrogens with one attached hydrogen (secondary N) is 2. The lowest BCUT2D eigenvalue weighted by Gasteiger charge is -2.05. The van der Waals surface area contributed by atoms with Crippen LogP contribution >= 0.6 is 0 Å². The number of anilines is 1. The SMILES string of the molecule is CC(C)CNC(=O)/C=C/c1ccc(NS(C)(=O)=O)cc1. The predicted octanol–water partition coefficient (Wildman–Crippen LogP) is 1.84. The van der Waals surface area contributed by atoms with Crippen molar-refractivity contribution in [1.82, 2.24) is 5.32 Å². The van der Waals surface area contributed by atoms with Crippen LogP contribution in [0.1, 0.15) is 19.4 Å². The Hall–Kier alpha value is -1.82. The molecule has 0 aliphatic carbocycles. The van der Waals surface area contributed by atoms with Gasteiger partial charge in [-0.3, -0.25) is 9.52 Å². The molecule has 2 N–H and O–H groups in total. The van der Waals surface area contributed by atoms with E-state index in [1.807, 2.05) is 13.8 Å². The fourth-order valence-corrected chi connectivity index (χ4v) is 1.98. The summed E-state index contributed by atoms with van der Waals surface area (Å²) in [5.74, 6) is 0.269. The molecule has 110 valence electrons. The first-order chi connectivity index (χ1) is 9.26. The van der Waals surface area contributed by atoms with Gasteiger partial charge in [0.05, 0.1) is 6.26 Å². The molecule has 1 aromatic rings. The third-order valence-electron chi connectivity index (χ3n) is 2.33. The molecule has 0 saturated heterocycles. The molecule has 0 bridgehead atoms. The standard InChI is InChI=1S/C14H20N2O3S/c1-11(2)10-15-14(17)9-6-12-4-7-13(8-5-12)16-20(3,18)19/h4-9,11,16H,10H2,1-3H3,(H,15,17)/b9-6+. The van der Waals surface area contributed by atoms with Crippen molar-refractivity contribution in [2.24, 2.45) is 5.92 Å². The van der Waals surface area contributed by atoms with Crippen molar-refractivity contribution in [2.45, 2.75) is 13.8 Å². The number of sulfonamides is 1. The van der Waals surface area contributed by atoms with E-state index in [-0.39, 0.29) is 5.91 Å². The molecule has 0 unspecified atom stereocenters. The molecule has 1 aromatic carbocycles. The van der Waals surface area contributed by atoms with E-state index in [1.54, 1.807) is 30.3 Å². The average molecular weight is 296 g/mol. The van der Waals surface area contributed by atoms with E-state index in [4.69, 9.17) is 0 Å². The predicted molar refractivity (Wildman–Crippen MR) is 81.8 cm³/mol. The van der Waals surface area contributed by atoms with Crippen molar-refractivity contribution in [1.29, 1.82) is 0 Å². The van der Waals surface area contributed by atoms with Crippen molar-refractivity contribution in [3.8, 4) is 0 Å². The second-order valence-corrected chi connectivity index (χ2v) is 6.72. The maximum Gasteiger partial charge on any atom is 0.244 e. The van der Waals surface area contributed by atoms with E-state index >= 15 is 0 Å². The van der Waals surface area contributed by atoms with E-state index < -0.39 is 10.0 Å². The molecule has 0 atom stereocenters. The van der Waals surface area contributed by atoms with Gasteiger partial charge in [-0.25, -0.2) is 8.42 Å². The highest BCUT2D eigenvalue weighted by molar-refractivity contribution is 7.92. The van der Waals surface area contributed by atoms with Crippen LogP contribution in [0.25, 0.3) is 6.08 Å². The van der Waals surface area contributed by atoms with E-state index in [2.05, 4.69) is 10.0 Å². The molecule has 6 heteroatoms. The Morgan fingerprint density at radius 3 is 2.35 bits per heavy atom. The normalized spacial score (nSPS) is 11.8. The van der Waals surface area contributed by atoms with Gasteiger partial charge in [-0.2, -0.15) is 0 Å². The Labute approximate surface area is 120 Å². The zero-order valence-electron chi connectivity index (χ0n) is 11.9. The van der Waals surface area contributed by atoms with Crippen LogP contribution in [0, 0.1) is 5.92 Å². The molecular weight excluding hydrogens is 276 g/mol. The topological polar surface area (TPSA) is 75.3 Å². The van der Waals surface area contributed by atoms with E-state index in [1.165, 1.54) is 6.08 Å². The molecular formula is C14H20N2O3S. The first kappa shape index (κ1) is 16.2. The minimum absolute atomic E-state index is 0.142. The van der Waals surface area contributed by atoms with Gasteiger partial charge in [-0.05, 0) is 29.7 Å². The summed E-state index contributed by atoms with van der Waals surface area (Å²) in [6.45, 7) is 4.69. The summed E-state index contributed by atoms with van der Waals surface area (Å²) in [5.41, 5.74) is 1.32. The number of carbonyl (C=O) groups excluding carboxylic acids is 1. The maximum atomic E-state index is 11.5. The molecule has 0 aliphatic heterocycles. The minimum atomic E-state index is -3.26. The van der Waals surface area contributed by atoms with Crippen molar-refractivity contribution in [2.75, 3.05) is 17.5 Å². The quantitative estimate of drug-likeness (QED) is 0.787. The summed E-state index contributed by atoms with van der Waals surface area (Å²) >= 11 is 0. The fourth-order valence-electron chi connectivity index (χ4n) is 1.41. The van der Waals surface area contributed by atoms with Gasteiger partial charge in [0.1, 0.15) is 0 Å². The molecule has 20 heavy (non-hydrogen) atoms. The molecule has 0 aliphatic rings. The van der Waals surface area contributed by atoms with Gasteiger partial charge in [0, 0.05) is 18.3 Å². The highest BCUT2D eigenvalue weighted by Crippen LogP contribution is 2.11. The van der Waals surface area contributed by atoms with Crippen LogP contribution in [0.5, 0.6) is 0 Å². The lowest BCUT2D eigenvalue weighted by Crippen LogP contribution is -2.25. The van der Waals surface area contributed by atoms with Gasteiger partial charge in [0.2, 0.25) is 15.9 Å². The summed E-state index contributed by atoms with van der Waals surface area (Å²) in [6.07, 6.45) is 4.24. The Balaban J connectivity index is 2.59. The molecule has 0 fully saturated rings. The number of amides is 1. The van der Waals surface area contributed by atoms with E-state index in [0.717, 1.165) is 11.8 Å². The van der Waals surface area contributed by atoms with Gasteiger partial charge >= 0.3 is 0 Å². The van der Waals surface area contributed by atoms with Crippen LogP contribution in [-0.4, -0.2) is 27.1 Å². The van der Waals surface area contributed by atoms with Crippen LogP contribution in [-0.2, 0) is 14.8 Å². The summed E-state index contributed by atoms with van der Waals surface area (Å²) < 4.78 is 24.5. The smallest absolute Gasteiger partial charge is 0.244 e. The number of benzene rings is 1. The van der Waals surface area contributed by atoms with Crippen molar-refractivity contribution >= 4 is 27.7 Å². The van der Waals surface area contributed by atoms with E-state index in [0.29, 0.717) is 18.2 Å². The highest BCUT2D eigenvalue weighted by atomic mass is 32.2. The van der Waals surface area contributed by atoms with Crippen LogP contribution in [0.15, 0.2) is 30.3 Å². The number of hydrogen-bond donors (Lipinski definition) is 2. The summed E-state index contributed by atoms with van der Waals surface area (Å²) in [4.78, 5) is 11.5. The zero-order valence-corrected chi connectivity index (χ0v) is 12.7. The summed E-state index contributed by atoms with van der Waals surface area (Å²) in [6, 6.07) is 6.76. The molecule has 1 rings (SSSR count). The molecule has 0 spiro atoms. The lowest BCUT2D eigenvalue weighted by molar-refractivity contribution is -0.116. The molecule has 5 nitrogen and oxygen atoms in total. The third-order valence-corrected chi connectivity index (χ3v) is 2.93. The lowest BCUT2D eigenvalue weighted by atomic mass is 10.2. The largest absolute Gasteiger partial charge is 0.352 e. The van der Waals surface area contributed by atoms with Gasteiger partial charge < -0.3 is 5.32 Å². The van der Waals surface area contributed by atoms with Gasteiger partial charge in [0.15, 0.2) is 0 Å². The first-order valence-electron chi connectivity index (χ1n) is 6.30. The molecule has 0 radical (unpaired) electrons. The Kier molecular flexibility index (Phi) is 5.76.